The number of amides is 1. The van der Waals surface area contributed by atoms with Crippen molar-refractivity contribution in [2.24, 2.45) is 0 Å². The van der Waals surface area contributed by atoms with Gasteiger partial charge in [0.2, 0.25) is 6.41 Å². The fourth-order valence-corrected chi connectivity index (χ4v) is 3.52. The molecule has 28 heavy (non-hydrogen) atoms. The molecule has 4 rings (SSSR count). The van der Waals surface area contributed by atoms with Crippen LogP contribution < -0.4 is 16.4 Å². The second-order valence-electron chi connectivity index (χ2n) is 6.64. The van der Waals surface area contributed by atoms with E-state index < -0.39 is 5.82 Å². The van der Waals surface area contributed by atoms with Crippen LogP contribution in [0.5, 0.6) is 0 Å². The molecule has 0 saturated carbocycles. The normalized spacial score (nSPS) is 11.5. The highest BCUT2D eigenvalue weighted by atomic mass is 35.5. The summed E-state index contributed by atoms with van der Waals surface area (Å²) in [6.45, 7) is 3.81. The van der Waals surface area contributed by atoms with E-state index in [2.05, 4.69) is 25.8 Å². The lowest BCUT2D eigenvalue weighted by Crippen LogP contribution is -2.12. The second kappa shape index (κ2) is 6.68. The van der Waals surface area contributed by atoms with Crippen molar-refractivity contribution in [2.75, 3.05) is 16.4 Å². The Hall–Kier alpha value is -3.33. The van der Waals surface area contributed by atoms with Crippen LogP contribution in [0.4, 0.5) is 21.6 Å². The number of nitrogen functional groups attached to an aromatic ring is 1. The predicted octanol–water partition coefficient (Wildman–Crippen LogP) is 3.64. The highest BCUT2D eigenvalue weighted by Crippen LogP contribution is 2.42. The van der Waals surface area contributed by atoms with E-state index in [-0.39, 0.29) is 16.8 Å². The Kier molecular flexibility index (Phi) is 4.31. The lowest BCUT2D eigenvalue weighted by atomic mass is 10.0. The summed E-state index contributed by atoms with van der Waals surface area (Å²) >= 11 is 6.43. The number of halogens is 2. The number of hydrogen-bond donors (Lipinski definition) is 4. The zero-order valence-corrected chi connectivity index (χ0v) is 15.8. The largest absolute Gasteiger partial charge is 0.396 e. The molecular weight excluding hydrogens is 385 g/mol. The number of aromatic nitrogens is 4. The molecule has 1 amide bonds. The van der Waals surface area contributed by atoms with Crippen LogP contribution in [0.1, 0.15) is 13.8 Å². The van der Waals surface area contributed by atoms with Gasteiger partial charge in [-0.05, 0) is 19.9 Å². The molecular formula is C18H17ClFN7O. The topological polar surface area (TPSA) is 113 Å². The number of aromatic amines is 1. The van der Waals surface area contributed by atoms with E-state index in [1.54, 1.807) is 29.1 Å². The Morgan fingerprint density at radius 1 is 1.39 bits per heavy atom. The van der Waals surface area contributed by atoms with Gasteiger partial charge in [-0.3, -0.25) is 9.89 Å². The van der Waals surface area contributed by atoms with Crippen LogP contribution in [0.3, 0.4) is 0 Å². The number of pyridine rings is 1. The third-order valence-electron chi connectivity index (χ3n) is 4.30. The number of hydrogen-bond acceptors (Lipinski definition) is 5. The van der Waals surface area contributed by atoms with Crippen molar-refractivity contribution < 1.29 is 9.18 Å². The molecule has 3 aromatic heterocycles. The molecule has 0 bridgehead atoms. The lowest BCUT2D eigenvalue weighted by Gasteiger charge is -2.16. The molecule has 0 atom stereocenters. The fraction of sp³-hybridized carbons (Fsp3) is 0.167. The summed E-state index contributed by atoms with van der Waals surface area (Å²) in [5.41, 5.74) is 8.79. The highest BCUT2D eigenvalue weighted by Gasteiger charge is 2.22. The van der Waals surface area contributed by atoms with Gasteiger partial charge in [0.05, 0.1) is 34.3 Å². The molecule has 10 heteroatoms. The van der Waals surface area contributed by atoms with Gasteiger partial charge in [-0.25, -0.2) is 9.37 Å². The minimum absolute atomic E-state index is 0.00426. The SMILES string of the molecule is CC(C)Nc1c(F)c(Cl)c(-c2cc(N)c3nc(NC=O)cn3c2)c2cn[nH]c12. The number of rotatable bonds is 5. The molecule has 144 valence electrons. The van der Waals surface area contributed by atoms with Crippen LogP contribution in [-0.2, 0) is 4.79 Å². The summed E-state index contributed by atoms with van der Waals surface area (Å²) in [7, 11) is 0. The number of nitrogens with zero attached hydrogens (tertiary/aromatic N) is 3. The number of H-pyrrole nitrogens is 1. The first-order chi connectivity index (χ1) is 13.4. The standard InChI is InChI=1S/C18H17ClFN7O/c1-8(2)24-17-15(20)14(19)13(10-4-23-26-16(10)17)9-3-11(21)18-25-12(22-7-28)6-27(18)5-9/h3-8,24H,21H2,1-2H3,(H,22,28)(H,23,26). The highest BCUT2D eigenvalue weighted by molar-refractivity contribution is 6.36. The third kappa shape index (κ3) is 2.80. The van der Waals surface area contributed by atoms with Crippen molar-refractivity contribution in [3.8, 4) is 11.1 Å². The minimum atomic E-state index is -0.574. The van der Waals surface area contributed by atoms with Crippen LogP contribution in [0.25, 0.3) is 27.7 Å². The van der Waals surface area contributed by atoms with Crippen molar-refractivity contribution in [3.05, 3.63) is 35.5 Å². The van der Waals surface area contributed by atoms with Gasteiger partial charge in [0, 0.05) is 28.8 Å². The molecule has 0 aliphatic heterocycles. The average Bonchev–Trinajstić information content (AvgIpc) is 3.26. The van der Waals surface area contributed by atoms with Crippen molar-refractivity contribution in [2.45, 2.75) is 19.9 Å². The summed E-state index contributed by atoms with van der Waals surface area (Å²) in [5, 5.41) is 13.1. The number of anilines is 3. The van der Waals surface area contributed by atoms with Crippen LogP contribution in [0, 0.1) is 5.82 Å². The summed E-state index contributed by atoms with van der Waals surface area (Å²) < 4.78 is 16.7. The first-order valence-corrected chi connectivity index (χ1v) is 8.87. The van der Waals surface area contributed by atoms with Gasteiger partial charge < -0.3 is 20.8 Å². The number of carbonyl (C=O) groups excluding carboxylic acids is 1. The van der Waals surface area contributed by atoms with Gasteiger partial charge in [-0.1, -0.05) is 11.6 Å². The van der Waals surface area contributed by atoms with E-state index in [9.17, 15) is 4.79 Å². The molecule has 0 unspecified atom stereocenters. The molecule has 0 aliphatic rings. The van der Waals surface area contributed by atoms with Gasteiger partial charge in [0.1, 0.15) is 0 Å². The van der Waals surface area contributed by atoms with Gasteiger partial charge >= 0.3 is 0 Å². The van der Waals surface area contributed by atoms with Crippen LogP contribution >= 0.6 is 11.6 Å². The Bertz CT molecular complexity index is 1210. The number of fused-ring (bicyclic) bond motifs is 2. The Balaban J connectivity index is 1.98. The number of carbonyl (C=O) groups is 1. The number of nitrogens with one attached hydrogen (secondary N) is 3. The smallest absolute Gasteiger partial charge is 0.212 e. The molecule has 3 heterocycles. The van der Waals surface area contributed by atoms with Crippen LogP contribution in [0.2, 0.25) is 5.02 Å². The van der Waals surface area contributed by atoms with Gasteiger partial charge in [-0.15, -0.1) is 0 Å². The quantitative estimate of drug-likeness (QED) is 0.381. The molecule has 0 spiro atoms. The van der Waals surface area contributed by atoms with Crippen LogP contribution in [-0.4, -0.2) is 32.0 Å². The first kappa shape index (κ1) is 18.1. The lowest BCUT2D eigenvalue weighted by molar-refractivity contribution is -0.105. The zero-order valence-electron chi connectivity index (χ0n) is 15.0. The molecule has 0 fully saturated rings. The molecule has 1 aromatic carbocycles. The summed E-state index contributed by atoms with van der Waals surface area (Å²) in [6.07, 6.45) is 5.45. The van der Waals surface area contributed by atoms with Crippen molar-refractivity contribution in [1.29, 1.82) is 0 Å². The number of benzene rings is 1. The maximum absolute atomic E-state index is 15.1. The zero-order chi connectivity index (χ0) is 20.0. The molecule has 5 N–H and O–H groups in total. The molecule has 4 aromatic rings. The molecule has 0 radical (unpaired) electrons. The second-order valence-corrected chi connectivity index (χ2v) is 7.02. The Morgan fingerprint density at radius 3 is 2.89 bits per heavy atom. The van der Waals surface area contributed by atoms with Gasteiger partial charge in [0.15, 0.2) is 17.3 Å². The summed E-state index contributed by atoms with van der Waals surface area (Å²) in [5.74, 6) is -0.226. The van der Waals surface area contributed by atoms with Crippen LogP contribution in [0.15, 0.2) is 24.7 Å². The summed E-state index contributed by atoms with van der Waals surface area (Å²) in [6, 6.07) is 1.67. The first-order valence-electron chi connectivity index (χ1n) is 8.50. The van der Waals surface area contributed by atoms with Gasteiger partial charge in [-0.2, -0.15) is 5.10 Å². The van der Waals surface area contributed by atoms with Crippen molar-refractivity contribution in [1.82, 2.24) is 19.6 Å². The third-order valence-corrected chi connectivity index (χ3v) is 4.65. The minimum Gasteiger partial charge on any atom is -0.396 e. The van der Waals surface area contributed by atoms with Gasteiger partial charge in [0.25, 0.3) is 0 Å². The monoisotopic (exact) mass is 401 g/mol. The molecule has 0 saturated heterocycles. The van der Waals surface area contributed by atoms with Crippen molar-refractivity contribution in [3.63, 3.8) is 0 Å². The fourth-order valence-electron chi connectivity index (χ4n) is 3.21. The van der Waals surface area contributed by atoms with E-state index in [1.807, 2.05) is 13.8 Å². The van der Waals surface area contributed by atoms with Crippen molar-refractivity contribution >= 4 is 51.8 Å². The van der Waals surface area contributed by atoms with E-state index in [0.29, 0.717) is 45.6 Å². The maximum Gasteiger partial charge on any atom is 0.212 e. The Labute approximate surface area is 163 Å². The van der Waals surface area contributed by atoms with E-state index >= 15 is 4.39 Å². The Morgan fingerprint density at radius 2 is 2.18 bits per heavy atom. The maximum atomic E-state index is 15.1. The van der Waals surface area contributed by atoms with E-state index in [4.69, 9.17) is 17.3 Å². The average molecular weight is 402 g/mol. The summed E-state index contributed by atoms with van der Waals surface area (Å²) in [4.78, 5) is 14.9. The molecule has 0 aliphatic carbocycles. The molecule has 8 nitrogen and oxygen atoms in total. The number of imidazole rings is 1. The van der Waals surface area contributed by atoms with E-state index in [1.165, 1.54) is 0 Å². The number of nitrogens with two attached hydrogens (primary N) is 1. The van der Waals surface area contributed by atoms with E-state index in [0.717, 1.165) is 0 Å². The predicted molar refractivity (Wildman–Crippen MR) is 108 cm³/mol.